The number of hydrogen-bond acceptors (Lipinski definition) is 4. The molecule has 2 N–H and O–H groups in total. The Morgan fingerprint density at radius 3 is 2.65 bits per heavy atom. The van der Waals surface area contributed by atoms with E-state index in [2.05, 4.69) is 0 Å². The van der Waals surface area contributed by atoms with Crippen LogP contribution in [0.2, 0.25) is 0 Å². The molecule has 0 radical (unpaired) electrons. The average Bonchev–Trinajstić information content (AvgIpc) is 2.79. The summed E-state index contributed by atoms with van der Waals surface area (Å²) in [6, 6.07) is 4.70. The maximum atomic E-state index is 12.9. The summed E-state index contributed by atoms with van der Waals surface area (Å²) >= 11 is 0. The Morgan fingerprint density at radius 1 is 1.30 bits per heavy atom. The zero-order valence-corrected chi connectivity index (χ0v) is 12.9. The monoisotopic (exact) mass is 317 g/mol. The number of hydrogen-bond donors (Lipinski definition) is 2. The fourth-order valence-corrected chi connectivity index (χ4v) is 3.26. The van der Waals surface area contributed by atoms with Crippen molar-refractivity contribution in [1.82, 2.24) is 4.57 Å². The fourth-order valence-electron chi connectivity index (χ4n) is 3.26. The van der Waals surface area contributed by atoms with Gasteiger partial charge in [0.15, 0.2) is 0 Å². The minimum absolute atomic E-state index is 0.0295. The van der Waals surface area contributed by atoms with Gasteiger partial charge in [0.05, 0.1) is 11.9 Å². The van der Waals surface area contributed by atoms with Gasteiger partial charge >= 0.3 is 5.97 Å². The highest BCUT2D eigenvalue weighted by molar-refractivity contribution is 5.98. The topological polar surface area (TPSA) is 88.8 Å². The van der Waals surface area contributed by atoms with Gasteiger partial charge in [-0.1, -0.05) is 0 Å². The van der Waals surface area contributed by atoms with Crippen LogP contribution in [0.3, 0.4) is 0 Å². The third-order valence-corrected chi connectivity index (χ3v) is 4.44. The second-order valence-electron chi connectivity index (χ2n) is 5.90. The van der Waals surface area contributed by atoms with E-state index in [1.807, 2.05) is 0 Å². The van der Waals surface area contributed by atoms with E-state index in [1.165, 1.54) is 12.1 Å². The van der Waals surface area contributed by atoms with Crippen molar-refractivity contribution in [3.63, 3.8) is 0 Å². The molecule has 0 spiro atoms. The van der Waals surface area contributed by atoms with Crippen LogP contribution in [0.4, 0.5) is 0 Å². The number of benzene rings is 1. The van der Waals surface area contributed by atoms with Crippen molar-refractivity contribution in [2.24, 2.45) is 5.92 Å². The summed E-state index contributed by atoms with van der Waals surface area (Å²) in [5.74, 6) is -1.06. The maximum Gasteiger partial charge on any atom is 0.307 e. The third-order valence-electron chi connectivity index (χ3n) is 4.44. The van der Waals surface area contributed by atoms with Crippen LogP contribution >= 0.6 is 0 Å². The average molecular weight is 317 g/mol. The normalized spacial score (nSPS) is 15.9. The highest BCUT2D eigenvalue weighted by Crippen LogP contribution is 2.31. The van der Waals surface area contributed by atoms with Crippen LogP contribution in [0.25, 0.3) is 10.9 Å². The summed E-state index contributed by atoms with van der Waals surface area (Å²) in [7, 11) is 0. The molecule has 1 saturated heterocycles. The van der Waals surface area contributed by atoms with E-state index in [0.29, 0.717) is 48.2 Å². The summed E-state index contributed by atoms with van der Waals surface area (Å²) in [6.07, 6.45) is 1.16. The van der Waals surface area contributed by atoms with Gasteiger partial charge in [0.2, 0.25) is 5.91 Å². The molecule has 2 aromatic rings. The van der Waals surface area contributed by atoms with Crippen molar-refractivity contribution in [2.75, 3.05) is 13.2 Å². The molecule has 3 rings (SSSR count). The first kappa shape index (κ1) is 15.6. The summed E-state index contributed by atoms with van der Waals surface area (Å²) < 4.78 is 6.91. The van der Waals surface area contributed by atoms with E-state index in [0.717, 1.165) is 0 Å². The Labute approximate surface area is 133 Å². The molecule has 6 heteroatoms. The van der Waals surface area contributed by atoms with Crippen LogP contribution in [-0.4, -0.2) is 39.9 Å². The number of phenols is 1. The first-order valence-corrected chi connectivity index (χ1v) is 7.65. The molecule has 0 bridgehead atoms. The van der Waals surface area contributed by atoms with Crippen molar-refractivity contribution in [1.29, 1.82) is 0 Å². The molecule has 2 heterocycles. The molecule has 1 fully saturated rings. The summed E-state index contributed by atoms with van der Waals surface area (Å²) in [4.78, 5) is 24.1. The number of carboxylic acids is 1. The SMILES string of the molecule is Cc1c(CC(=O)O)c2cc(O)ccc2n1C(=O)C1CCOCC1. The molecule has 122 valence electrons. The van der Waals surface area contributed by atoms with E-state index < -0.39 is 5.97 Å². The van der Waals surface area contributed by atoms with Crippen molar-refractivity contribution in [2.45, 2.75) is 26.2 Å². The van der Waals surface area contributed by atoms with Crippen LogP contribution in [0, 0.1) is 12.8 Å². The van der Waals surface area contributed by atoms with Gasteiger partial charge in [0.1, 0.15) is 5.75 Å². The number of phenolic OH excluding ortho intramolecular Hbond substituents is 1. The van der Waals surface area contributed by atoms with Gasteiger partial charge in [-0.2, -0.15) is 0 Å². The number of fused-ring (bicyclic) bond motifs is 1. The summed E-state index contributed by atoms with van der Waals surface area (Å²) in [5, 5.41) is 19.5. The second kappa shape index (κ2) is 6.04. The molecule has 23 heavy (non-hydrogen) atoms. The number of aromatic nitrogens is 1. The summed E-state index contributed by atoms with van der Waals surface area (Å²) in [6.45, 7) is 2.89. The lowest BCUT2D eigenvalue weighted by molar-refractivity contribution is -0.136. The van der Waals surface area contributed by atoms with E-state index in [1.54, 1.807) is 17.6 Å². The summed E-state index contributed by atoms with van der Waals surface area (Å²) in [5.41, 5.74) is 1.85. The second-order valence-corrected chi connectivity index (χ2v) is 5.90. The maximum absolute atomic E-state index is 12.9. The van der Waals surface area contributed by atoms with Gasteiger partial charge in [-0.15, -0.1) is 0 Å². The van der Waals surface area contributed by atoms with Gasteiger partial charge in [0, 0.05) is 30.2 Å². The number of carboxylic acid groups (broad SMARTS) is 1. The zero-order valence-electron chi connectivity index (χ0n) is 12.9. The van der Waals surface area contributed by atoms with Crippen LogP contribution in [0.1, 0.15) is 28.9 Å². The minimum atomic E-state index is -0.964. The predicted octanol–water partition coefficient (Wildman–Crippen LogP) is 2.35. The first-order chi connectivity index (χ1) is 11.0. The van der Waals surface area contributed by atoms with Crippen LogP contribution in [0.15, 0.2) is 18.2 Å². The lowest BCUT2D eigenvalue weighted by atomic mass is 9.99. The number of carbonyl (C=O) groups is 2. The van der Waals surface area contributed by atoms with Crippen molar-refractivity contribution >= 4 is 22.8 Å². The molecule has 0 unspecified atom stereocenters. The van der Waals surface area contributed by atoms with Gasteiger partial charge in [-0.3, -0.25) is 14.2 Å². The lowest BCUT2D eigenvalue weighted by Gasteiger charge is -2.22. The number of rotatable bonds is 3. The molecule has 6 nitrogen and oxygen atoms in total. The molecule has 0 atom stereocenters. The first-order valence-electron chi connectivity index (χ1n) is 7.65. The number of carbonyl (C=O) groups excluding carboxylic acids is 1. The standard InChI is InChI=1S/C17H19NO5/c1-10-13(9-16(20)21)14-8-12(19)2-3-15(14)18(10)17(22)11-4-6-23-7-5-11/h2-3,8,11,19H,4-7,9H2,1H3,(H,20,21). The Bertz CT molecular complexity index is 771. The van der Waals surface area contributed by atoms with Gasteiger partial charge < -0.3 is 14.9 Å². The van der Waals surface area contributed by atoms with Gasteiger partial charge in [-0.05, 0) is 43.5 Å². The molecule has 1 aliphatic heterocycles. The van der Waals surface area contributed by atoms with Crippen LogP contribution in [-0.2, 0) is 16.0 Å². The smallest absolute Gasteiger partial charge is 0.307 e. The Balaban J connectivity index is 2.14. The van der Waals surface area contributed by atoms with Crippen molar-refractivity contribution in [3.05, 3.63) is 29.5 Å². The number of nitrogens with zero attached hydrogens (tertiary/aromatic N) is 1. The van der Waals surface area contributed by atoms with Crippen molar-refractivity contribution < 1.29 is 24.5 Å². The Hall–Kier alpha value is -2.34. The van der Waals surface area contributed by atoms with Crippen LogP contribution < -0.4 is 0 Å². The fraction of sp³-hybridized carbons (Fsp3) is 0.412. The molecular formula is C17H19NO5. The minimum Gasteiger partial charge on any atom is -0.508 e. The number of ether oxygens (including phenoxy) is 1. The molecule has 1 aliphatic rings. The molecule has 1 aromatic heterocycles. The number of aromatic hydroxyl groups is 1. The highest BCUT2D eigenvalue weighted by Gasteiger charge is 2.27. The largest absolute Gasteiger partial charge is 0.508 e. The highest BCUT2D eigenvalue weighted by atomic mass is 16.5. The van der Waals surface area contributed by atoms with E-state index in [4.69, 9.17) is 9.84 Å². The molecule has 0 amide bonds. The van der Waals surface area contributed by atoms with Crippen LogP contribution in [0.5, 0.6) is 5.75 Å². The van der Waals surface area contributed by atoms with E-state index in [-0.39, 0.29) is 24.0 Å². The third kappa shape index (κ3) is 2.82. The molecule has 0 aliphatic carbocycles. The van der Waals surface area contributed by atoms with Crippen molar-refractivity contribution in [3.8, 4) is 5.75 Å². The lowest BCUT2D eigenvalue weighted by Crippen LogP contribution is -2.28. The molecule has 1 aromatic carbocycles. The van der Waals surface area contributed by atoms with Gasteiger partial charge in [-0.25, -0.2) is 0 Å². The van der Waals surface area contributed by atoms with E-state index >= 15 is 0 Å². The molecular weight excluding hydrogens is 298 g/mol. The Morgan fingerprint density at radius 2 is 2.00 bits per heavy atom. The quantitative estimate of drug-likeness (QED) is 0.907. The Kier molecular flexibility index (Phi) is 4.09. The predicted molar refractivity (Wildman–Crippen MR) is 83.8 cm³/mol. The number of aliphatic carboxylic acids is 1. The zero-order chi connectivity index (χ0) is 16.6. The molecule has 0 saturated carbocycles. The van der Waals surface area contributed by atoms with Gasteiger partial charge in [0.25, 0.3) is 0 Å². The van der Waals surface area contributed by atoms with E-state index in [9.17, 15) is 14.7 Å².